The molecule has 0 atom stereocenters. The molecule has 94 valence electrons. The fraction of sp³-hybridized carbons (Fsp3) is 0.643. The van der Waals surface area contributed by atoms with Gasteiger partial charge in [0.15, 0.2) is 0 Å². The van der Waals surface area contributed by atoms with Gasteiger partial charge in [-0.15, -0.1) is 0 Å². The van der Waals surface area contributed by atoms with E-state index in [4.69, 9.17) is 0 Å². The summed E-state index contributed by atoms with van der Waals surface area (Å²) in [7, 11) is 0. The molecule has 0 bridgehead atoms. The largest absolute Gasteiger partial charge is 0.392 e. The lowest BCUT2D eigenvalue weighted by Gasteiger charge is -2.40. The molecule has 1 fully saturated rings. The molecule has 1 aliphatic heterocycles. The fourth-order valence-electron chi connectivity index (χ4n) is 2.47. The maximum atomic E-state index is 9.34. The van der Waals surface area contributed by atoms with Crippen LogP contribution in [0.3, 0.4) is 0 Å². The first-order valence-corrected chi connectivity index (χ1v) is 6.47. The molecule has 1 saturated heterocycles. The number of hydrogen-bond acceptors (Lipinski definition) is 3. The van der Waals surface area contributed by atoms with Gasteiger partial charge in [0.05, 0.1) is 18.5 Å². The minimum absolute atomic E-state index is 0.0966. The predicted octanol–water partition coefficient (Wildman–Crippen LogP) is 2.59. The van der Waals surface area contributed by atoms with Gasteiger partial charge in [0.2, 0.25) is 0 Å². The van der Waals surface area contributed by atoms with Gasteiger partial charge in [-0.25, -0.2) is 0 Å². The SMILES string of the molecule is CCC1(C)CCN(c2cnccc2CO)CC1. The lowest BCUT2D eigenvalue weighted by Crippen LogP contribution is -2.38. The number of aliphatic hydroxyl groups excluding tert-OH is 1. The van der Waals surface area contributed by atoms with Crippen molar-refractivity contribution < 1.29 is 5.11 Å². The first-order chi connectivity index (χ1) is 8.18. The molecule has 1 N–H and O–H groups in total. The molecule has 1 aromatic heterocycles. The van der Waals surface area contributed by atoms with Crippen LogP contribution >= 0.6 is 0 Å². The van der Waals surface area contributed by atoms with E-state index >= 15 is 0 Å². The standard InChI is InChI=1S/C14H22N2O/c1-3-14(2)5-8-16(9-6-14)13-10-15-7-4-12(13)11-17/h4,7,10,17H,3,5-6,8-9,11H2,1-2H3. The minimum Gasteiger partial charge on any atom is -0.392 e. The van der Waals surface area contributed by atoms with Gasteiger partial charge >= 0.3 is 0 Å². The van der Waals surface area contributed by atoms with Crippen LogP contribution in [0.25, 0.3) is 0 Å². The summed E-state index contributed by atoms with van der Waals surface area (Å²) in [6.45, 7) is 6.89. The van der Waals surface area contributed by atoms with Gasteiger partial charge in [-0.05, 0) is 24.3 Å². The van der Waals surface area contributed by atoms with Crippen molar-refractivity contribution >= 4 is 5.69 Å². The number of hydrogen-bond donors (Lipinski definition) is 1. The molecule has 0 aromatic carbocycles. The van der Waals surface area contributed by atoms with E-state index in [0.717, 1.165) is 24.3 Å². The number of rotatable bonds is 3. The third-order valence-electron chi connectivity index (χ3n) is 4.22. The summed E-state index contributed by atoms with van der Waals surface area (Å²) in [5.41, 5.74) is 2.59. The van der Waals surface area contributed by atoms with Crippen LogP contribution in [0.1, 0.15) is 38.7 Å². The van der Waals surface area contributed by atoms with Crippen molar-refractivity contribution in [1.29, 1.82) is 0 Å². The third kappa shape index (κ3) is 2.60. The number of nitrogens with zero attached hydrogens (tertiary/aromatic N) is 2. The molecular formula is C14H22N2O. The summed E-state index contributed by atoms with van der Waals surface area (Å²) >= 11 is 0. The Kier molecular flexibility index (Phi) is 3.67. The lowest BCUT2D eigenvalue weighted by atomic mass is 9.78. The second-order valence-corrected chi connectivity index (χ2v) is 5.31. The molecule has 1 aromatic rings. The highest BCUT2D eigenvalue weighted by Gasteiger charge is 2.28. The lowest BCUT2D eigenvalue weighted by molar-refractivity contribution is 0.237. The monoisotopic (exact) mass is 234 g/mol. The topological polar surface area (TPSA) is 36.4 Å². The molecule has 17 heavy (non-hydrogen) atoms. The third-order valence-corrected chi connectivity index (χ3v) is 4.22. The average molecular weight is 234 g/mol. The summed E-state index contributed by atoms with van der Waals surface area (Å²) in [6, 6.07) is 1.91. The van der Waals surface area contributed by atoms with Crippen LogP contribution in [-0.4, -0.2) is 23.2 Å². The quantitative estimate of drug-likeness (QED) is 0.873. The normalized spacial score (nSPS) is 19.4. The zero-order chi connectivity index (χ0) is 12.3. The summed E-state index contributed by atoms with van der Waals surface area (Å²) in [6.07, 6.45) is 7.32. The Bertz CT molecular complexity index is 370. The molecule has 0 saturated carbocycles. The smallest absolute Gasteiger partial charge is 0.0703 e. The van der Waals surface area contributed by atoms with E-state index in [1.165, 1.54) is 19.3 Å². The van der Waals surface area contributed by atoms with E-state index in [1.54, 1.807) is 6.20 Å². The van der Waals surface area contributed by atoms with Crippen LogP contribution < -0.4 is 4.90 Å². The van der Waals surface area contributed by atoms with Crippen molar-refractivity contribution in [2.45, 2.75) is 39.7 Å². The summed E-state index contributed by atoms with van der Waals surface area (Å²) < 4.78 is 0. The van der Waals surface area contributed by atoms with Crippen molar-refractivity contribution in [3.63, 3.8) is 0 Å². The van der Waals surface area contributed by atoms with Gasteiger partial charge in [0.1, 0.15) is 0 Å². The average Bonchev–Trinajstić information content (AvgIpc) is 2.40. The van der Waals surface area contributed by atoms with Crippen molar-refractivity contribution in [2.24, 2.45) is 5.41 Å². The van der Waals surface area contributed by atoms with E-state index in [2.05, 4.69) is 23.7 Å². The van der Waals surface area contributed by atoms with Crippen LogP contribution in [0.4, 0.5) is 5.69 Å². The van der Waals surface area contributed by atoms with Gasteiger partial charge in [-0.2, -0.15) is 0 Å². The van der Waals surface area contributed by atoms with Gasteiger partial charge < -0.3 is 10.0 Å². The molecule has 1 aliphatic rings. The molecule has 2 rings (SSSR count). The molecule has 2 heterocycles. The second kappa shape index (κ2) is 5.05. The highest BCUT2D eigenvalue weighted by atomic mass is 16.3. The highest BCUT2D eigenvalue weighted by molar-refractivity contribution is 5.51. The maximum Gasteiger partial charge on any atom is 0.0703 e. The summed E-state index contributed by atoms with van der Waals surface area (Å²) in [4.78, 5) is 6.53. The van der Waals surface area contributed by atoms with E-state index in [-0.39, 0.29) is 6.61 Å². The molecule has 3 nitrogen and oxygen atoms in total. The van der Waals surface area contributed by atoms with E-state index in [1.807, 2.05) is 12.3 Å². The Morgan fingerprint density at radius 2 is 2.12 bits per heavy atom. The van der Waals surface area contributed by atoms with Crippen molar-refractivity contribution in [3.05, 3.63) is 24.0 Å². The minimum atomic E-state index is 0.0966. The molecular weight excluding hydrogens is 212 g/mol. The molecule has 0 unspecified atom stereocenters. The van der Waals surface area contributed by atoms with E-state index in [9.17, 15) is 5.11 Å². The maximum absolute atomic E-state index is 9.34. The van der Waals surface area contributed by atoms with Gasteiger partial charge in [-0.1, -0.05) is 20.3 Å². The fourth-order valence-corrected chi connectivity index (χ4v) is 2.47. The van der Waals surface area contributed by atoms with Crippen molar-refractivity contribution in [1.82, 2.24) is 4.98 Å². The Labute approximate surface area is 103 Å². The highest BCUT2D eigenvalue weighted by Crippen LogP contribution is 2.36. The number of piperidine rings is 1. The van der Waals surface area contributed by atoms with Crippen LogP contribution in [0.5, 0.6) is 0 Å². The zero-order valence-corrected chi connectivity index (χ0v) is 10.8. The molecule has 3 heteroatoms. The number of aliphatic hydroxyl groups is 1. The predicted molar refractivity (Wildman–Crippen MR) is 70.0 cm³/mol. The molecule has 0 radical (unpaired) electrons. The van der Waals surface area contributed by atoms with Crippen LogP contribution in [0.2, 0.25) is 0 Å². The Morgan fingerprint density at radius 1 is 1.41 bits per heavy atom. The van der Waals surface area contributed by atoms with Crippen molar-refractivity contribution in [2.75, 3.05) is 18.0 Å². The number of anilines is 1. The Morgan fingerprint density at radius 3 is 2.71 bits per heavy atom. The van der Waals surface area contributed by atoms with E-state index in [0.29, 0.717) is 5.41 Å². The number of pyridine rings is 1. The number of aromatic nitrogens is 1. The summed E-state index contributed by atoms with van der Waals surface area (Å²) in [5, 5.41) is 9.34. The Balaban J connectivity index is 2.10. The van der Waals surface area contributed by atoms with Crippen molar-refractivity contribution in [3.8, 4) is 0 Å². The molecule has 0 spiro atoms. The van der Waals surface area contributed by atoms with Crippen LogP contribution in [0, 0.1) is 5.41 Å². The summed E-state index contributed by atoms with van der Waals surface area (Å²) in [5.74, 6) is 0. The van der Waals surface area contributed by atoms with Crippen LogP contribution in [0.15, 0.2) is 18.5 Å². The van der Waals surface area contributed by atoms with Gasteiger partial charge in [-0.3, -0.25) is 4.98 Å². The molecule has 0 amide bonds. The zero-order valence-electron chi connectivity index (χ0n) is 10.8. The van der Waals surface area contributed by atoms with Gasteiger partial charge in [0.25, 0.3) is 0 Å². The second-order valence-electron chi connectivity index (χ2n) is 5.31. The first kappa shape index (κ1) is 12.4. The van der Waals surface area contributed by atoms with Crippen LogP contribution in [-0.2, 0) is 6.61 Å². The van der Waals surface area contributed by atoms with Gasteiger partial charge in [0, 0.05) is 24.8 Å². The molecule has 0 aliphatic carbocycles. The first-order valence-electron chi connectivity index (χ1n) is 6.47. The van der Waals surface area contributed by atoms with E-state index < -0.39 is 0 Å². The Hall–Kier alpha value is -1.09.